The Kier molecular flexibility index (Phi) is 5.65. The summed E-state index contributed by atoms with van der Waals surface area (Å²) < 4.78 is 26.4. The molecule has 2 aromatic carbocycles. The summed E-state index contributed by atoms with van der Waals surface area (Å²) in [5, 5.41) is 2.77. The van der Waals surface area contributed by atoms with E-state index >= 15 is 0 Å². The summed E-state index contributed by atoms with van der Waals surface area (Å²) in [5.74, 6) is 0.501. The van der Waals surface area contributed by atoms with E-state index in [1.54, 1.807) is 18.2 Å². The third-order valence-corrected chi connectivity index (χ3v) is 6.85. The molecule has 3 aromatic rings. The van der Waals surface area contributed by atoms with Gasteiger partial charge in [-0.15, -0.1) is 0 Å². The minimum absolute atomic E-state index is 0.142. The number of carbonyl (C=O) groups excluding carboxylic acids is 1. The van der Waals surface area contributed by atoms with E-state index in [4.69, 9.17) is 4.98 Å². The van der Waals surface area contributed by atoms with Crippen LogP contribution in [0.4, 0.5) is 11.6 Å². The summed E-state index contributed by atoms with van der Waals surface area (Å²) in [5.41, 5.74) is 1.42. The van der Waals surface area contributed by atoms with Crippen molar-refractivity contribution >= 4 is 38.6 Å². The maximum Gasteiger partial charge on any atom is 0.243 e. The van der Waals surface area contributed by atoms with E-state index in [0.29, 0.717) is 17.2 Å². The SMILES string of the molecule is CN(CC(=O)Nc1nc2ccccc2nc1N1CCCC1)S(=O)(=O)c1ccccc1. The Morgan fingerprint density at radius 3 is 2.27 bits per heavy atom. The van der Waals surface area contributed by atoms with Gasteiger partial charge >= 0.3 is 0 Å². The largest absolute Gasteiger partial charge is 0.354 e. The normalized spacial score (nSPS) is 14.4. The van der Waals surface area contributed by atoms with Crippen molar-refractivity contribution in [3.05, 3.63) is 54.6 Å². The van der Waals surface area contributed by atoms with Gasteiger partial charge in [-0.05, 0) is 37.1 Å². The second-order valence-electron chi connectivity index (χ2n) is 7.20. The zero-order valence-corrected chi connectivity index (χ0v) is 17.5. The molecule has 0 aliphatic carbocycles. The highest BCUT2D eigenvalue weighted by Crippen LogP contribution is 2.28. The number of nitrogens with zero attached hydrogens (tertiary/aromatic N) is 4. The molecule has 0 atom stereocenters. The lowest BCUT2D eigenvalue weighted by atomic mass is 10.3. The number of anilines is 2. The zero-order chi connectivity index (χ0) is 21.1. The predicted molar refractivity (Wildman–Crippen MR) is 116 cm³/mol. The fourth-order valence-corrected chi connectivity index (χ4v) is 4.60. The van der Waals surface area contributed by atoms with Crippen molar-refractivity contribution in [1.82, 2.24) is 14.3 Å². The van der Waals surface area contributed by atoms with Crippen molar-refractivity contribution in [2.75, 3.05) is 36.9 Å². The van der Waals surface area contributed by atoms with E-state index in [2.05, 4.69) is 15.2 Å². The molecule has 1 aliphatic rings. The van der Waals surface area contributed by atoms with Crippen molar-refractivity contribution in [3.8, 4) is 0 Å². The minimum atomic E-state index is -3.76. The van der Waals surface area contributed by atoms with E-state index in [1.807, 2.05) is 24.3 Å². The molecule has 1 amide bonds. The molecule has 0 unspecified atom stereocenters. The van der Waals surface area contributed by atoms with Crippen LogP contribution in [-0.2, 0) is 14.8 Å². The van der Waals surface area contributed by atoms with Crippen LogP contribution >= 0.6 is 0 Å². The number of nitrogens with one attached hydrogen (secondary N) is 1. The minimum Gasteiger partial charge on any atom is -0.354 e. The second-order valence-corrected chi connectivity index (χ2v) is 9.25. The first-order chi connectivity index (χ1) is 14.4. The first-order valence-electron chi connectivity index (χ1n) is 9.78. The molecule has 1 aliphatic heterocycles. The lowest BCUT2D eigenvalue weighted by Crippen LogP contribution is -2.35. The highest BCUT2D eigenvalue weighted by Gasteiger charge is 2.25. The van der Waals surface area contributed by atoms with Crippen LogP contribution in [0, 0.1) is 0 Å². The molecule has 1 fully saturated rings. The summed E-state index contributed by atoms with van der Waals surface area (Å²) in [4.78, 5) is 24.2. The molecule has 0 saturated carbocycles. The standard InChI is InChI=1S/C21H23N5O3S/c1-25(30(28,29)16-9-3-2-4-10-16)15-19(27)24-20-21(26-13-7-8-14-26)23-18-12-6-5-11-17(18)22-20/h2-6,9-12H,7-8,13-15H2,1H3,(H,22,24,27). The van der Waals surface area contributed by atoms with Crippen LogP contribution in [0.2, 0.25) is 0 Å². The zero-order valence-electron chi connectivity index (χ0n) is 16.7. The highest BCUT2D eigenvalue weighted by atomic mass is 32.2. The lowest BCUT2D eigenvalue weighted by Gasteiger charge is -2.21. The lowest BCUT2D eigenvalue weighted by molar-refractivity contribution is -0.116. The van der Waals surface area contributed by atoms with Gasteiger partial charge in [0.1, 0.15) is 0 Å². The number of rotatable bonds is 6. The Labute approximate surface area is 175 Å². The number of para-hydroxylation sites is 2. The third kappa shape index (κ3) is 4.12. The Hall–Kier alpha value is -3.04. The Balaban J connectivity index is 1.57. The van der Waals surface area contributed by atoms with Gasteiger partial charge in [0.25, 0.3) is 0 Å². The Bertz CT molecular complexity index is 1160. The van der Waals surface area contributed by atoms with Gasteiger partial charge in [0.15, 0.2) is 11.6 Å². The van der Waals surface area contributed by atoms with Gasteiger partial charge in [0.05, 0.1) is 22.5 Å². The monoisotopic (exact) mass is 425 g/mol. The Morgan fingerprint density at radius 1 is 1.00 bits per heavy atom. The van der Waals surface area contributed by atoms with Crippen LogP contribution in [-0.4, -0.2) is 55.3 Å². The molecule has 1 aromatic heterocycles. The number of amides is 1. The topological polar surface area (TPSA) is 95.5 Å². The number of carbonyl (C=O) groups is 1. The number of likely N-dealkylation sites (N-methyl/N-ethyl adjacent to an activating group) is 1. The molecular weight excluding hydrogens is 402 g/mol. The molecule has 1 N–H and O–H groups in total. The average molecular weight is 426 g/mol. The summed E-state index contributed by atoms with van der Waals surface area (Å²) in [7, 11) is -2.38. The second kappa shape index (κ2) is 8.37. The molecule has 30 heavy (non-hydrogen) atoms. The maximum atomic E-state index is 12.7. The van der Waals surface area contributed by atoms with Crippen molar-refractivity contribution < 1.29 is 13.2 Å². The summed E-state index contributed by atoms with van der Waals surface area (Å²) in [6.07, 6.45) is 2.11. The first-order valence-corrected chi connectivity index (χ1v) is 11.2. The van der Waals surface area contributed by atoms with Crippen molar-refractivity contribution in [2.45, 2.75) is 17.7 Å². The third-order valence-electron chi connectivity index (χ3n) is 5.03. The first kappa shape index (κ1) is 20.2. The predicted octanol–water partition coefficient (Wildman–Crippen LogP) is 2.49. The molecular formula is C21H23N5O3S. The van der Waals surface area contributed by atoms with Crippen LogP contribution in [0.1, 0.15) is 12.8 Å². The van der Waals surface area contributed by atoms with Gasteiger partial charge in [-0.2, -0.15) is 4.31 Å². The number of hydrogen-bond donors (Lipinski definition) is 1. The van der Waals surface area contributed by atoms with Crippen LogP contribution in [0.25, 0.3) is 11.0 Å². The number of benzene rings is 2. The number of aromatic nitrogens is 2. The summed E-state index contributed by atoms with van der Waals surface area (Å²) in [6, 6.07) is 15.5. The molecule has 1 saturated heterocycles. The van der Waals surface area contributed by atoms with Crippen LogP contribution in [0.5, 0.6) is 0 Å². The van der Waals surface area contributed by atoms with Gasteiger partial charge in [0.2, 0.25) is 15.9 Å². The maximum absolute atomic E-state index is 12.7. The van der Waals surface area contributed by atoms with Gasteiger partial charge in [0, 0.05) is 20.1 Å². The summed E-state index contributed by atoms with van der Waals surface area (Å²) in [6.45, 7) is 1.36. The van der Waals surface area contributed by atoms with Gasteiger partial charge < -0.3 is 10.2 Å². The molecule has 4 rings (SSSR count). The van der Waals surface area contributed by atoms with E-state index in [9.17, 15) is 13.2 Å². The van der Waals surface area contributed by atoms with Crippen molar-refractivity contribution in [1.29, 1.82) is 0 Å². The number of hydrogen-bond acceptors (Lipinski definition) is 6. The van der Waals surface area contributed by atoms with Crippen molar-refractivity contribution in [3.63, 3.8) is 0 Å². The smallest absolute Gasteiger partial charge is 0.243 e. The number of sulfonamides is 1. The summed E-state index contributed by atoms with van der Waals surface area (Å²) >= 11 is 0. The Morgan fingerprint density at radius 2 is 1.60 bits per heavy atom. The van der Waals surface area contributed by atoms with E-state index in [0.717, 1.165) is 35.8 Å². The molecule has 0 bridgehead atoms. The highest BCUT2D eigenvalue weighted by molar-refractivity contribution is 7.89. The molecule has 2 heterocycles. The quantitative estimate of drug-likeness (QED) is 0.652. The van der Waals surface area contributed by atoms with E-state index in [1.165, 1.54) is 19.2 Å². The fraction of sp³-hybridized carbons (Fsp3) is 0.286. The van der Waals surface area contributed by atoms with E-state index < -0.39 is 15.9 Å². The molecule has 0 spiro atoms. The fourth-order valence-electron chi connectivity index (χ4n) is 3.46. The van der Waals surface area contributed by atoms with Gasteiger partial charge in [-0.3, -0.25) is 4.79 Å². The number of fused-ring (bicyclic) bond motifs is 1. The molecule has 9 heteroatoms. The van der Waals surface area contributed by atoms with Crippen LogP contribution in [0.3, 0.4) is 0 Å². The van der Waals surface area contributed by atoms with Gasteiger partial charge in [-0.1, -0.05) is 30.3 Å². The van der Waals surface area contributed by atoms with Gasteiger partial charge in [-0.25, -0.2) is 18.4 Å². The van der Waals surface area contributed by atoms with Crippen LogP contribution in [0.15, 0.2) is 59.5 Å². The molecule has 8 nitrogen and oxygen atoms in total. The average Bonchev–Trinajstić information content (AvgIpc) is 3.28. The van der Waals surface area contributed by atoms with Crippen LogP contribution < -0.4 is 10.2 Å². The van der Waals surface area contributed by atoms with Crippen molar-refractivity contribution in [2.24, 2.45) is 0 Å². The molecule has 156 valence electrons. The van der Waals surface area contributed by atoms with E-state index in [-0.39, 0.29) is 11.4 Å². The molecule has 0 radical (unpaired) electrons.